The SMILES string of the molecule is CNC(CCN1CCS(=O)(=O)CC1)C(=O)O. The van der Waals surface area contributed by atoms with Crippen LogP contribution in [-0.2, 0) is 14.6 Å². The molecule has 1 atom stereocenters. The van der Waals surface area contributed by atoms with Gasteiger partial charge in [-0.05, 0) is 13.5 Å². The summed E-state index contributed by atoms with van der Waals surface area (Å²) < 4.78 is 22.3. The highest BCUT2D eigenvalue weighted by atomic mass is 32.2. The quantitative estimate of drug-likeness (QED) is 0.636. The van der Waals surface area contributed by atoms with Crippen molar-refractivity contribution >= 4 is 15.8 Å². The van der Waals surface area contributed by atoms with Gasteiger partial charge >= 0.3 is 5.97 Å². The number of carboxylic acids is 1. The van der Waals surface area contributed by atoms with E-state index in [2.05, 4.69) is 5.32 Å². The summed E-state index contributed by atoms with van der Waals surface area (Å²) in [5, 5.41) is 11.5. The number of sulfone groups is 1. The van der Waals surface area contributed by atoms with Crippen LogP contribution in [0.3, 0.4) is 0 Å². The lowest BCUT2D eigenvalue weighted by Crippen LogP contribution is -2.43. The highest BCUT2D eigenvalue weighted by molar-refractivity contribution is 7.91. The van der Waals surface area contributed by atoms with Crippen LogP contribution in [0.2, 0.25) is 0 Å². The summed E-state index contributed by atoms with van der Waals surface area (Å²) in [5.41, 5.74) is 0. The molecule has 0 aromatic heterocycles. The highest BCUT2D eigenvalue weighted by Gasteiger charge is 2.23. The van der Waals surface area contributed by atoms with Crippen LogP contribution >= 0.6 is 0 Å². The summed E-state index contributed by atoms with van der Waals surface area (Å²) in [4.78, 5) is 12.7. The van der Waals surface area contributed by atoms with Crippen LogP contribution in [0.15, 0.2) is 0 Å². The van der Waals surface area contributed by atoms with Crippen LogP contribution in [0.5, 0.6) is 0 Å². The Morgan fingerprint density at radius 2 is 2.00 bits per heavy atom. The van der Waals surface area contributed by atoms with Crippen molar-refractivity contribution in [2.24, 2.45) is 0 Å². The van der Waals surface area contributed by atoms with E-state index in [1.165, 1.54) is 0 Å². The topological polar surface area (TPSA) is 86.7 Å². The predicted octanol–water partition coefficient (Wildman–Crippen LogP) is -1.22. The standard InChI is InChI=1S/C9H18N2O4S/c1-10-8(9(12)13)2-3-11-4-6-16(14,15)7-5-11/h8,10H,2-7H2,1H3,(H,12,13). The van der Waals surface area contributed by atoms with Crippen molar-refractivity contribution in [3.8, 4) is 0 Å². The molecule has 0 saturated carbocycles. The average Bonchev–Trinajstić information content (AvgIpc) is 2.20. The molecule has 0 amide bonds. The molecule has 6 nitrogen and oxygen atoms in total. The van der Waals surface area contributed by atoms with Gasteiger partial charge in [0, 0.05) is 19.6 Å². The Hall–Kier alpha value is -0.660. The summed E-state index contributed by atoms with van der Waals surface area (Å²) in [7, 11) is -1.24. The van der Waals surface area contributed by atoms with Gasteiger partial charge in [0.25, 0.3) is 0 Å². The molecule has 0 spiro atoms. The summed E-state index contributed by atoms with van der Waals surface area (Å²) in [6.07, 6.45) is 0.492. The van der Waals surface area contributed by atoms with Gasteiger partial charge in [0.05, 0.1) is 11.5 Å². The summed E-state index contributed by atoms with van der Waals surface area (Å²) in [6, 6.07) is -0.557. The van der Waals surface area contributed by atoms with E-state index in [1.807, 2.05) is 4.90 Å². The molecule has 0 aromatic rings. The minimum absolute atomic E-state index is 0.185. The van der Waals surface area contributed by atoms with Crippen LogP contribution in [0.4, 0.5) is 0 Å². The Kier molecular flexibility index (Phi) is 4.69. The monoisotopic (exact) mass is 250 g/mol. The lowest BCUT2D eigenvalue weighted by molar-refractivity contribution is -0.139. The van der Waals surface area contributed by atoms with Gasteiger partial charge < -0.3 is 15.3 Å². The Balaban J connectivity index is 2.32. The molecule has 2 N–H and O–H groups in total. The molecule has 94 valence electrons. The number of nitrogens with one attached hydrogen (secondary N) is 1. The zero-order valence-electron chi connectivity index (χ0n) is 9.35. The third-order valence-electron chi connectivity index (χ3n) is 2.82. The van der Waals surface area contributed by atoms with Gasteiger partial charge in [-0.1, -0.05) is 0 Å². The van der Waals surface area contributed by atoms with Gasteiger partial charge in [-0.15, -0.1) is 0 Å². The minimum Gasteiger partial charge on any atom is -0.480 e. The van der Waals surface area contributed by atoms with Crippen molar-refractivity contribution in [1.82, 2.24) is 10.2 Å². The molecule has 0 aromatic carbocycles. The van der Waals surface area contributed by atoms with Gasteiger partial charge in [-0.2, -0.15) is 0 Å². The summed E-state index contributed by atoms with van der Waals surface area (Å²) in [5.74, 6) is -0.499. The van der Waals surface area contributed by atoms with Crippen LogP contribution in [0.25, 0.3) is 0 Å². The lowest BCUT2D eigenvalue weighted by Gasteiger charge is -2.27. The van der Waals surface area contributed by atoms with Gasteiger partial charge in [0.1, 0.15) is 6.04 Å². The molecule has 1 unspecified atom stereocenters. The maximum atomic E-state index is 11.2. The maximum Gasteiger partial charge on any atom is 0.320 e. The fourth-order valence-electron chi connectivity index (χ4n) is 1.68. The van der Waals surface area contributed by atoms with Crippen LogP contribution < -0.4 is 5.32 Å². The van der Waals surface area contributed by atoms with E-state index in [9.17, 15) is 13.2 Å². The van der Waals surface area contributed by atoms with Crippen LogP contribution in [0.1, 0.15) is 6.42 Å². The molecular formula is C9H18N2O4S. The number of nitrogens with zero attached hydrogens (tertiary/aromatic N) is 1. The molecule has 0 radical (unpaired) electrons. The number of hydrogen-bond donors (Lipinski definition) is 2. The van der Waals surface area contributed by atoms with Crippen LogP contribution in [-0.4, -0.2) is 68.6 Å². The van der Waals surface area contributed by atoms with Crippen molar-refractivity contribution in [2.45, 2.75) is 12.5 Å². The molecular weight excluding hydrogens is 232 g/mol. The van der Waals surface area contributed by atoms with E-state index >= 15 is 0 Å². The van der Waals surface area contributed by atoms with Gasteiger partial charge in [-0.25, -0.2) is 8.42 Å². The van der Waals surface area contributed by atoms with E-state index in [-0.39, 0.29) is 11.5 Å². The van der Waals surface area contributed by atoms with E-state index in [0.717, 1.165) is 0 Å². The predicted molar refractivity (Wildman–Crippen MR) is 60.2 cm³/mol. The van der Waals surface area contributed by atoms with Crippen molar-refractivity contribution in [2.75, 3.05) is 38.2 Å². The van der Waals surface area contributed by atoms with Crippen molar-refractivity contribution in [1.29, 1.82) is 0 Å². The Morgan fingerprint density at radius 3 is 2.44 bits per heavy atom. The third kappa shape index (κ3) is 4.07. The van der Waals surface area contributed by atoms with Crippen molar-refractivity contribution in [3.05, 3.63) is 0 Å². The molecule has 1 heterocycles. The van der Waals surface area contributed by atoms with Crippen molar-refractivity contribution in [3.63, 3.8) is 0 Å². The molecule has 7 heteroatoms. The molecule has 1 aliphatic rings. The molecule has 1 saturated heterocycles. The molecule has 1 rings (SSSR count). The fraction of sp³-hybridized carbons (Fsp3) is 0.889. The maximum absolute atomic E-state index is 11.2. The highest BCUT2D eigenvalue weighted by Crippen LogP contribution is 2.05. The number of likely N-dealkylation sites (N-methyl/N-ethyl adjacent to an activating group) is 1. The van der Waals surface area contributed by atoms with E-state index in [1.54, 1.807) is 7.05 Å². The third-order valence-corrected chi connectivity index (χ3v) is 4.43. The van der Waals surface area contributed by atoms with E-state index in [4.69, 9.17) is 5.11 Å². The largest absolute Gasteiger partial charge is 0.480 e. The second kappa shape index (κ2) is 5.60. The van der Waals surface area contributed by atoms with E-state index < -0.39 is 21.8 Å². The Morgan fingerprint density at radius 1 is 1.44 bits per heavy atom. The van der Waals surface area contributed by atoms with Crippen molar-refractivity contribution < 1.29 is 18.3 Å². The Bertz CT molecular complexity index is 327. The first-order chi connectivity index (χ1) is 7.44. The number of rotatable bonds is 5. The number of carbonyl (C=O) groups is 1. The first-order valence-corrected chi connectivity index (χ1v) is 7.09. The second-order valence-electron chi connectivity index (χ2n) is 3.96. The molecule has 16 heavy (non-hydrogen) atoms. The van der Waals surface area contributed by atoms with E-state index in [0.29, 0.717) is 26.1 Å². The molecule has 1 aliphatic heterocycles. The second-order valence-corrected chi connectivity index (χ2v) is 6.27. The lowest BCUT2D eigenvalue weighted by atomic mass is 10.2. The molecule has 0 aliphatic carbocycles. The Labute approximate surface area is 95.5 Å². The average molecular weight is 250 g/mol. The van der Waals surface area contributed by atoms with Gasteiger partial charge in [0.15, 0.2) is 9.84 Å². The minimum atomic E-state index is -2.85. The molecule has 1 fully saturated rings. The van der Waals surface area contributed by atoms with Crippen LogP contribution in [0, 0.1) is 0 Å². The summed E-state index contributed by atoms with van der Waals surface area (Å²) >= 11 is 0. The van der Waals surface area contributed by atoms with Gasteiger partial charge in [-0.3, -0.25) is 4.79 Å². The first-order valence-electron chi connectivity index (χ1n) is 5.27. The fourth-order valence-corrected chi connectivity index (χ4v) is 2.95. The molecule has 0 bridgehead atoms. The van der Waals surface area contributed by atoms with Gasteiger partial charge in [0.2, 0.25) is 0 Å². The number of carboxylic acid groups (broad SMARTS) is 1. The summed E-state index contributed by atoms with van der Waals surface area (Å²) in [6.45, 7) is 1.64. The zero-order valence-corrected chi connectivity index (χ0v) is 10.2. The smallest absolute Gasteiger partial charge is 0.320 e. The normalized spacial score (nSPS) is 22.8. The number of aliphatic carboxylic acids is 1. The first kappa shape index (κ1) is 13.4. The number of hydrogen-bond acceptors (Lipinski definition) is 5. The zero-order chi connectivity index (χ0) is 12.2.